The molecule has 0 spiro atoms. The number of nitrogens with two attached hydrogens (primary N) is 1. The van der Waals surface area contributed by atoms with E-state index in [-0.39, 0.29) is 6.23 Å². The molecule has 59 valence electrons. The van der Waals surface area contributed by atoms with Crippen molar-refractivity contribution < 1.29 is 5.11 Å². The van der Waals surface area contributed by atoms with E-state index in [1.54, 1.807) is 0 Å². The van der Waals surface area contributed by atoms with Gasteiger partial charge in [0.2, 0.25) is 0 Å². The lowest BCUT2D eigenvalue weighted by atomic mass is 10.1. The zero-order valence-corrected chi connectivity index (χ0v) is 6.33. The second-order valence-electron chi connectivity index (χ2n) is 2.48. The molecule has 2 nitrogen and oxygen atoms in total. The molecule has 3 N–H and O–H groups in total. The average Bonchev–Trinajstić information content (AvgIpc) is 2.03. The fourth-order valence-corrected chi connectivity index (χ4v) is 0.917. The van der Waals surface area contributed by atoms with Crippen molar-refractivity contribution in [3.05, 3.63) is 42.1 Å². The topological polar surface area (TPSA) is 46.2 Å². The molecule has 0 bridgehead atoms. The van der Waals surface area contributed by atoms with Crippen LogP contribution in [0.3, 0.4) is 0 Å². The Morgan fingerprint density at radius 1 is 1.27 bits per heavy atom. The van der Waals surface area contributed by atoms with Gasteiger partial charge in [0.25, 0.3) is 0 Å². The smallest absolute Gasteiger partial charge is 0.156 e. The molecule has 0 fully saturated rings. The van der Waals surface area contributed by atoms with Gasteiger partial charge in [0.1, 0.15) is 0 Å². The Hall–Kier alpha value is -0.860. The van der Waals surface area contributed by atoms with E-state index in [2.05, 4.69) is 0 Å². The third kappa shape index (κ3) is 3.16. The molecule has 0 heterocycles. The van der Waals surface area contributed by atoms with Crippen LogP contribution in [0, 0.1) is 6.23 Å². The Kier molecular flexibility index (Phi) is 3.08. The lowest BCUT2D eigenvalue weighted by Crippen LogP contribution is -2.08. The number of hydrogen-bond acceptors (Lipinski definition) is 2. The molecule has 0 aliphatic carbocycles. The Morgan fingerprint density at radius 2 is 1.91 bits per heavy atom. The van der Waals surface area contributed by atoms with E-state index in [0.29, 0.717) is 6.42 Å². The molecule has 1 aromatic rings. The first-order chi connectivity index (χ1) is 5.29. The molecule has 11 heavy (non-hydrogen) atoms. The molecule has 0 unspecified atom stereocenters. The van der Waals surface area contributed by atoms with Gasteiger partial charge in [-0.25, -0.2) is 0 Å². The predicted molar refractivity (Wildman–Crippen MR) is 44.1 cm³/mol. The molecule has 0 saturated carbocycles. The van der Waals surface area contributed by atoms with Gasteiger partial charge in [-0.3, -0.25) is 0 Å². The van der Waals surface area contributed by atoms with Crippen LogP contribution in [-0.4, -0.2) is 5.11 Å². The van der Waals surface area contributed by atoms with Gasteiger partial charge in [0.05, 0.1) is 0 Å². The molecule has 1 rings (SSSR count). The summed E-state index contributed by atoms with van der Waals surface area (Å²) in [5, 5.41) is 8.71. The van der Waals surface area contributed by atoms with E-state index in [1.165, 1.54) is 5.56 Å². The van der Waals surface area contributed by atoms with Crippen molar-refractivity contribution in [2.24, 2.45) is 5.73 Å². The Balaban J connectivity index is 2.39. The molecule has 1 aromatic carbocycles. The van der Waals surface area contributed by atoms with Crippen LogP contribution in [0.5, 0.6) is 0 Å². The number of aliphatic hydroxyl groups excluding tert-OH is 1. The van der Waals surface area contributed by atoms with Gasteiger partial charge in [0.15, 0.2) is 6.23 Å². The van der Waals surface area contributed by atoms with Crippen molar-refractivity contribution in [1.82, 2.24) is 0 Å². The van der Waals surface area contributed by atoms with E-state index in [1.807, 2.05) is 30.3 Å². The molecular weight excluding hydrogens is 138 g/mol. The van der Waals surface area contributed by atoms with E-state index in [4.69, 9.17) is 10.8 Å². The van der Waals surface area contributed by atoms with Crippen LogP contribution in [0.2, 0.25) is 0 Å². The highest BCUT2D eigenvalue weighted by Crippen LogP contribution is 2.04. The highest BCUT2D eigenvalue weighted by molar-refractivity contribution is 5.14. The molecule has 0 aliphatic heterocycles. The van der Waals surface area contributed by atoms with Crippen molar-refractivity contribution in [3.8, 4) is 0 Å². The third-order valence-corrected chi connectivity index (χ3v) is 1.51. The lowest BCUT2D eigenvalue weighted by molar-refractivity contribution is 0.286. The first-order valence-corrected chi connectivity index (χ1v) is 3.63. The molecule has 0 atom stereocenters. The van der Waals surface area contributed by atoms with E-state index < -0.39 is 0 Å². The molecule has 0 saturated heterocycles. The first kappa shape index (κ1) is 8.24. The van der Waals surface area contributed by atoms with Crippen molar-refractivity contribution in [2.75, 3.05) is 0 Å². The van der Waals surface area contributed by atoms with E-state index in [0.717, 1.165) is 6.42 Å². The minimum atomic E-state index is 0.00820. The highest BCUT2D eigenvalue weighted by Gasteiger charge is 1.97. The van der Waals surface area contributed by atoms with E-state index in [9.17, 15) is 0 Å². The quantitative estimate of drug-likeness (QED) is 0.684. The third-order valence-electron chi connectivity index (χ3n) is 1.51. The van der Waals surface area contributed by atoms with Crippen molar-refractivity contribution in [1.29, 1.82) is 0 Å². The van der Waals surface area contributed by atoms with Crippen LogP contribution in [0.1, 0.15) is 12.0 Å². The normalized spacial score (nSPS) is 10.5. The molecule has 0 aromatic heterocycles. The van der Waals surface area contributed by atoms with E-state index >= 15 is 0 Å². The van der Waals surface area contributed by atoms with Crippen LogP contribution >= 0.6 is 0 Å². The number of benzene rings is 1. The summed E-state index contributed by atoms with van der Waals surface area (Å²) in [5.74, 6) is 0. The Morgan fingerprint density at radius 3 is 2.45 bits per heavy atom. The maximum absolute atomic E-state index is 8.71. The predicted octanol–water partition coefficient (Wildman–Crippen LogP) is 1.44. The number of hydrogen-bond donors (Lipinski definition) is 2. The average molecular weight is 150 g/mol. The van der Waals surface area contributed by atoms with Gasteiger partial charge < -0.3 is 10.8 Å². The number of rotatable bonds is 3. The maximum atomic E-state index is 8.71. The van der Waals surface area contributed by atoms with Gasteiger partial charge >= 0.3 is 0 Å². The summed E-state index contributed by atoms with van der Waals surface area (Å²) in [5.41, 5.74) is 6.31. The van der Waals surface area contributed by atoms with Crippen molar-refractivity contribution in [2.45, 2.75) is 12.8 Å². The number of aryl methyl sites for hydroxylation is 1. The number of aliphatic hydroxyl groups is 1. The zero-order chi connectivity index (χ0) is 8.10. The summed E-state index contributed by atoms with van der Waals surface area (Å²) in [6.07, 6.45) is 1.36. The van der Waals surface area contributed by atoms with Gasteiger partial charge in [-0.1, -0.05) is 30.3 Å². The fraction of sp³-hybridized carbons (Fsp3) is 0.222. The van der Waals surface area contributed by atoms with Crippen LogP contribution in [0.15, 0.2) is 30.3 Å². The zero-order valence-electron chi connectivity index (χ0n) is 6.33. The molecular formula is C9H12NO. The van der Waals surface area contributed by atoms with Crippen molar-refractivity contribution >= 4 is 0 Å². The first-order valence-electron chi connectivity index (χ1n) is 3.63. The summed E-state index contributed by atoms with van der Waals surface area (Å²) in [7, 11) is 0. The summed E-state index contributed by atoms with van der Waals surface area (Å²) in [6, 6.07) is 9.95. The summed E-state index contributed by atoms with van der Waals surface area (Å²) >= 11 is 0. The maximum Gasteiger partial charge on any atom is 0.156 e. The molecule has 0 amide bonds. The minimum absolute atomic E-state index is 0.00820. The molecule has 0 aliphatic rings. The van der Waals surface area contributed by atoms with Crippen LogP contribution in [-0.2, 0) is 6.42 Å². The lowest BCUT2D eigenvalue weighted by Gasteiger charge is -2.01. The molecule has 1 radical (unpaired) electrons. The van der Waals surface area contributed by atoms with Crippen LogP contribution in [0.25, 0.3) is 0 Å². The largest absolute Gasteiger partial charge is 0.372 e. The Labute approximate surface area is 66.7 Å². The molecule has 2 heteroatoms. The minimum Gasteiger partial charge on any atom is -0.372 e. The Bertz CT molecular complexity index is 196. The monoisotopic (exact) mass is 150 g/mol. The van der Waals surface area contributed by atoms with Crippen LogP contribution < -0.4 is 5.73 Å². The van der Waals surface area contributed by atoms with Gasteiger partial charge in [-0.05, 0) is 18.4 Å². The fourth-order valence-electron chi connectivity index (χ4n) is 0.917. The standard InChI is InChI=1S/C9H12NO/c10-9(11)7-6-8-4-2-1-3-5-8/h1-5,11H,6-7,10H2. The van der Waals surface area contributed by atoms with Crippen LogP contribution in [0.4, 0.5) is 0 Å². The summed E-state index contributed by atoms with van der Waals surface area (Å²) in [4.78, 5) is 0. The van der Waals surface area contributed by atoms with Gasteiger partial charge in [-0.15, -0.1) is 0 Å². The summed E-state index contributed by atoms with van der Waals surface area (Å²) in [6.45, 7) is 0. The second kappa shape index (κ2) is 4.11. The van der Waals surface area contributed by atoms with Gasteiger partial charge in [-0.2, -0.15) is 0 Å². The summed E-state index contributed by atoms with van der Waals surface area (Å²) < 4.78 is 0. The SMILES string of the molecule is N[C](O)CCc1ccccc1. The van der Waals surface area contributed by atoms with Crippen molar-refractivity contribution in [3.63, 3.8) is 0 Å². The second-order valence-corrected chi connectivity index (χ2v) is 2.48. The highest BCUT2D eigenvalue weighted by atomic mass is 16.3. The van der Waals surface area contributed by atoms with Gasteiger partial charge in [0, 0.05) is 0 Å².